The Bertz CT molecular complexity index is 564. The molecule has 16 heavy (non-hydrogen) atoms. The maximum Gasteiger partial charge on any atom is 0.140 e. The lowest BCUT2D eigenvalue weighted by Gasteiger charge is -2.23. The second kappa shape index (κ2) is 3.57. The highest BCUT2D eigenvalue weighted by Crippen LogP contribution is 2.35. The Morgan fingerprint density at radius 1 is 1.50 bits per heavy atom. The minimum absolute atomic E-state index is 0.392. The third-order valence-electron chi connectivity index (χ3n) is 2.92. The van der Waals surface area contributed by atoms with Crippen LogP contribution in [0.3, 0.4) is 0 Å². The van der Waals surface area contributed by atoms with Crippen LogP contribution in [-0.4, -0.2) is 14.8 Å². The van der Waals surface area contributed by atoms with Crippen LogP contribution in [0.5, 0.6) is 0 Å². The maximum absolute atomic E-state index is 6.11. The van der Waals surface area contributed by atoms with Crippen LogP contribution in [0.15, 0.2) is 22.9 Å². The fourth-order valence-electron chi connectivity index (χ4n) is 2.15. The summed E-state index contributed by atoms with van der Waals surface area (Å²) in [5.74, 6) is 1.40. The molecule has 2 aromatic rings. The Hall–Kier alpha value is -0.870. The van der Waals surface area contributed by atoms with E-state index in [1.807, 2.05) is 10.6 Å². The van der Waals surface area contributed by atoms with E-state index in [1.54, 1.807) is 6.33 Å². The third kappa shape index (κ3) is 1.40. The van der Waals surface area contributed by atoms with Crippen molar-refractivity contribution in [2.24, 2.45) is 0 Å². The summed E-state index contributed by atoms with van der Waals surface area (Å²) < 4.78 is 2.96. The van der Waals surface area contributed by atoms with Gasteiger partial charge in [0.1, 0.15) is 12.2 Å². The Morgan fingerprint density at radius 2 is 2.31 bits per heavy atom. The van der Waals surface area contributed by atoms with E-state index in [-0.39, 0.29) is 0 Å². The molecule has 2 heterocycles. The largest absolute Gasteiger partial charge is 0.285 e. The number of hydrogen-bond donors (Lipinski definition) is 0. The van der Waals surface area contributed by atoms with Crippen LogP contribution in [-0.2, 0) is 6.42 Å². The molecule has 82 valence electrons. The SMILES string of the molecule is CC1Cc2cc(Br)c(Cl)cc2-n2cnnc21. The standard InChI is InChI=1S/C11H9BrClN3/c1-6-2-7-3-8(12)9(13)4-10(7)16-5-14-15-11(6)16/h3-6H,2H2,1H3. The number of rotatable bonds is 0. The predicted molar refractivity (Wildman–Crippen MR) is 66.2 cm³/mol. The van der Waals surface area contributed by atoms with Gasteiger partial charge in [0, 0.05) is 10.4 Å². The molecule has 0 spiro atoms. The molecule has 1 atom stereocenters. The van der Waals surface area contributed by atoms with Gasteiger partial charge in [0.25, 0.3) is 0 Å². The summed E-state index contributed by atoms with van der Waals surface area (Å²) in [5, 5.41) is 8.83. The van der Waals surface area contributed by atoms with Gasteiger partial charge in [-0.3, -0.25) is 4.57 Å². The zero-order valence-corrected chi connectivity index (χ0v) is 11.0. The third-order valence-corrected chi connectivity index (χ3v) is 4.12. The summed E-state index contributed by atoms with van der Waals surface area (Å²) in [6, 6.07) is 4.04. The topological polar surface area (TPSA) is 30.7 Å². The molecule has 0 saturated carbocycles. The van der Waals surface area contributed by atoms with Gasteiger partial charge in [-0.2, -0.15) is 0 Å². The molecule has 1 aromatic carbocycles. The van der Waals surface area contributed by atoms with E-state index >= 15 is 0 Å². The molecule has 0 saturated heterocycles. The van der Waals surface area contributed by atoms with E-state index in [1.165, 1.54) is 5.56 Å². The highest BCUT2D eigenvalue weighted by molar-refractivity contribution is 9.10. The van der Waals surface area contributed by atoms with Crippen molar-refractivity contribution >= 4 is 27.5 Å². The molecule has 3 nitrogen and oxygen atoms in total. The van der Waals surface area contributed by atoms with Gasteiger partial charge < -0.3 is 0 Å². The Morgan fingerprint density at radius 3 is 3.12 bits per heavy atom. The van der Waals surface area contributed by atoms with Crippen molar-refractivity contribution in [3.05, 3.63) is 39.3 Å². The van der Waals surface area contributed by atoms with Crippen LogP contribution in [0.1, 0.15) is 24.2 Å². The first kappa shape index (κ1) is 10.3. The number of benzene rings is 1. The summed E-state index contributed by atoms with van der Waals surface area (Å²) in [5.41, 5.74) is 2.36. The van der Waals surface area contributed by atoms with Crippen molar-refractivity contribution in [2.45, 2.75) is 19.3 Å². The van der Waals surface area contributed by atoms with Crippen molar-refractivity contribution in [3.8, 4) is 5.69 Å². The van der Waals surface area contributed by atoms with Crippen molar-refractivity contribution in [1.29, 1.82) is 0 Å². The Balaban J connectivity index is 2.28. The molecular formula is C11H9BrClN3. The molecule has 0 amide bonds. The molecule has 0 fully saturated rings. The van der Waals surface area contributed by atoms with E-state index in [0.717, 1.165) is 22.4 Å². The maximum atomic E-state index is 6.11. The van der Waals surface area contributed by atoms with Gasteiger partial charge >= 0.3 is 0 Å². The van der Waals surface area contributed by atoms with Gasteiger partial charge in [-0.1, -0.05) is 18.5 Å². The van der Waals surface area contributed by atoms with E-state index in [4.69, 9.17) is 11.6 Å². The smallest absolute Gasteiger partial charge is 0.140 e. The number of halogens is 2. The van der Waals surface area contributed by atoms with Crippen LogP contribution in [0.25, 0.3) is 5.69 Å². The summed E-state index contributed by atoms with van der Waals surface area (Å²) in [6.45, 7) is 2.16. The Labute approximate surface area is 107 Å². The minimum Gasteiger partial charge on any atom is -0.285 e. The Kier molecular flexibility index (Phi) is 2.30. The fraction of sp³-hybridized carbons (Fsp3) is 0.273. The number of aromatic nitrogens is 3. The van der Waals surface area contributed by atoms with Crippen LogP contribution < -0.4 is 0 Å². The van der Waals surface area contributed by atoms with Crippen LogP contribution in [0.4, 0.5) is 0 Å². The number of hydrogen-bond acceptors (Lipinski definition) is 2. The first-order valence-corrected chi connectivity index (χ1v) is 6.22. The zero-order valence-electron chi connectivity index (χ0n) is 8.61. The predicted octanol–water partition coefficient (Wildman–Crippen LogP) is 3.34. The second-order valence-electron chi connectivity index (χ2n) is 4.06. The van der Waals surface area contributed by atoms with E-state index in [9.17, 15) is 0 Å². The number of nitrogens with zero attached hydrogens (tertiary/aromatic N) is 3. The molecule has 0 bridgehead atoms. The lowest BCUT2D eigenvalue weighted by atomic mass is 9.95. The minimum atomic E-state index is 0.392. The first-order valence-electron chi connectivity index (χ1n) is 5.05. The molecule has 3 rings (SSSR count). The first-order chi connectivity index (χ1) is 7.66. The van der Waals surface area contributed by atoms with E-state index in [0.29, 0.717) is 10.9 Å². The normalized spacial score (nSPS) is 18.1. The van der Waals surface area contributed by atoms with Crippen molar-refractivity contribution in [2.75, 3.05) is 0 Å². The van der Waals surface area contributed by atoms with E-state index in [2.05, 4.69) is 39.1 Å². The van der Waals surface area contributed by atoms with Crippen molar-refractivity contribution < 1.29 is 0 Å². The van der Waals surface area contributed by atoms with Gasteiger partial charge in [0.05, 0.1) is 10.7 Å². The van der Waals surface area contributed by atoms with Gasteiger partial charge in [0.15, 0.2) is 0 Å². The average Bonchev–Trinajstić information content (AvgIpc) is 2.71. The lowest BCUT2D eigenvalue weighted by molar-refractivity contribution is 0.647. The second-order valence-corrected chi connectivity index (χ2v) is 5.32. The number of fused-ring (bicyclic) bond motifs is 3. The fourth-order valence-corrected chi connectivity index (χ4v) is 2.70. The monoisotopic (exact) mass is 297 g/mol. The summed E-state index contributed by atoms with van der Waals surface area (Å²) in [4.78, 5) is 0. The van der Waals surface area contributed by atoms with Gasteiger partial charge in [0.2, 0.25) is 0 Å². The summed E-state index contributed by atoms with van der Waals surface area (Å²) in [7, 11) is 0. The molecular weight excluding hydrogens is 289 g/mol. The van der Waals surface area contributed by atoms with Gasteiger partial charge in [-0.25, -0.2) is 0 Å². The molecule has 0 aliphatic carbocycles. The molecule has 0 radical (unpaired) electrons. The van der Waals surface area contributed by atoms with E-state index < -0.39 is 0 Å². The van der Waals surface area contributed by atoms with Crippen molar-refractivity contribution in [3.63, 3.8) is 0 Å². The highest BCUT2D eigenvalue weighted by atomic mass is 79.9. The van der Waals surface area contributed by atoms with Crippen molar-refractivity contribution in [1.82, 2.24) is 14.8 Å². The van der Waals surface area contributed by atoms with Crippen LogP contribution in [0.2, 0.25) is 5.02 Å². The average molecular weight is 299 g/mol. The summed E-state index contributed by atoms with van der Waals surface area (Å²) >= 11 is 9.57. The summed E-state index contributed by atoms with van der Waals surface area (Å²) in [6.07, 6.45) is 2.72. The molecule has 1 aliphatic heterocycles. The molecule has 0 N–H and O–H groups in total. The van der Waals surface area contributed by atoms with Crippen LogP contribution in [0, 0.1) is 0 Å². The quantitative estimate of drug-likeness (QED) is 0.747. The molecule has 1 aromatic heterocycles. The zero-order chi connectivity index (χ0) is 11.3. The van der Waals surface area contributed by atoms with Crippen LogP contribution >= 0.6 is 27.5 Å². The molecule has 5 heteroatoms. The molecule has 1 unspecified atom stereocenters. The highest BCUT2D eigenvalue weighted by Gasteiger charge is 2.24. The van der Waals surface area contributed by atoms with Gasteiger partial charge in [-0.15, -0.1) is 10.2 Å². The lowest BCUT2D eigenvalue weighted by Crippen LogP contribution is -2.15. The molecule has 1 aliphatic rings. The van der Waals surface area contributed by atoms with Gasteiger partial charge in [-0.05, 0) is 40.0 Å².